The van der Waals surface area contributed by atoms with E-state index in [4.69, 9.17) is 0 Å². The lowest BCUT2D eigenvalue weighted by Crippen LogP contribution is -2.43. The summed E-state index contributed by atoms with van der Waals surface area (Å²) in [5.74, 6) is 0.793. The Hall–Kier alpha value is -1.04. The second kappa shape index (κ2) is 7.02. The molecule has 4 nitrogen and oxygen atoms in total. The predicted octanol–water partition coefficient (Wildman–Crippen LogP) is 2.67. The molecule has 3 fully saturated rings. The smallest absolute Gasteiger partial charge is 0.229 e. The number of hydrogen-bond donors (Lipinski definition) is 1. The number of fused-ring (bicyclic) bond motifs is 3. The Kier molecular flexibility index (Phi) is 5.53. The van der Waals surface area contributed by atoms with Crippen LogP contribution in [0.4, 0.5) is 5.69 Å². The van der Waals surface area contributed by atoms with Gasteiger partial charge in [0.2, 0.25) is 10.0 Å². The van der Waals surface area contributed by atoms with Crippen LogP contribution in [-0.4, -0.2) is 39.2 Å². The van der Waals surface area contributed by atoms with E-state index in [-0.39, 0.29) is 12.4 Å². The molecule has 0 spiro atoms. The monoisotopic (exact) mass is 342 g/mol. The van der Waals surface area contributed by atoms with E-state index in [1.165, 1.54) is 37.8 Å². The van der Waals surface area contributed by atoms with E-state index in [1.807, 2.05) is 24.3 Å². The molecule has 3 heterocycles. The van der Waals surface area contributed by atoms with Crippen LogP contribution in [0.5, 0.6) is 0 Å². The third-order valence-corrected chi connectivity index (χ3v) is 4.98. The van der Waals surface area contributed by atoms with Gasteiger partial charge in [-0.3, -0.25) is 9.62 Å². The van der Waals surface area contributed by atoms with Crippen molar-refractivity contribution in [3.63, 3.8) is 0 Å². The van der Waals surface area contributed by atoms with E-state index in [9.17, 15) is 8.42 Å². The molecule has 0 aliphatic carbocycles. The number of hydrogen-bond acceptors (Lipinski definition) is 3. The molecule has 22 heavy (non-hydrogen) atoms. The summed E-state index contributed by atoms with van der Waals surface area (Å²) < 4.78 is 24.8. The van der Waals surface area contributed by atoms with E-state index >= 15 is 0 Å². The molecule has 0 radical (unpaired) electrons. The zero-order valence-corrected chi connectivity index (χ0v) is 14.4. The van der Waals surface area contributed by atoms with Crippen LogP contribution < -0.4 is 4.72 Å². The Balaban J connectivity index is 0.00000176. The number of rotatable bonds is 4. The van der Waals surface area contributed by atoms with Gasteiger partial charge in [0, 0.05) is 12.2 Å². The minimum atomic E-state index is -3.19. The lowest BCUT2D eigenvalue weighted by atomic mass is 9.83. The molecule has 3 aliphatic heterocycles. The molecule has 3 saturated heterocycles. The van der Waals surface area contributed by atoms with Crippen LogP contribution >= 0.6 is 12.4 Å². The van der Waals surface area contributed by atoms with Crippen molar-refractivity contribution in [2.24, 2.45) is 5.92 Å². The number of halogens is 1. The molecule has 1 aromatic rings. The third-order valence-electron chi connectivity index (χ3n) is 4.38. The van der Waals surface area contributed by atoms with Gasteiger partial charge in [0.25, 0.3) is 0 Å². The Morgan fingerprint density at radius 3 is 2.36 bits per heavy atom. The van der Waals surface area contributed by atoms with Crippen LogP contribution in [0, 0.1) is 5.92 Å². The molecule has 0 saturated carbocycles. The summed E-state index contributed by atoms with van der Waals surface area (Å²) in [6.07, 6.45) is 7.08. The molecule has 1 N–H and O–H groups in total. The standard InChI is InChI=1S/C16H22N2O2S.ClH/c1-21(19,20)17-16-6-3-13(4-7-16)2-5-15-12-18-10-8-14(15)9-11-18;/h3-7,14,17H,2,8-12H2,1H3;1H. The topological polar surface area (TPSA) is 49.4 Å². The van der Waals surface area contributed by atoms with Crippen molar-refractivity contribution < 1.29 is 8.42 Å². The van der Waals surface area contributed by atoms with Crippen molar-refractivity contribution in [3.05, 3.63) is 41.5 Å². The highest BCUT2D eigenvalue weighted by Crippen LogP contribution is 2.31. The maximum absolute atomic E-state index is 11.2. The summed E-state index contributed by atoms with van der Waals surface area (Å²) in [7, 11) is -3.19. The summed E-state index contributed by atoms with van der Waals surface area (Å²) in [4.78, 5) is 2.53. The zero-order chi connectivity index (χ0) is 14.9. The summed E-state index contributed by atoms with van der Waals surface area (Å²) in [5.41, 5.74) is 3.43. The van der Waals surface area contributed by atoms with E-state index < -0.39 is 10.0 Å². The first-order valence-electron chi connectivity index (χ1n) is 7.47. The normalized spacial score (nSPS) is 25.8. The molecule has 6 heteroatoms. The largest absolute Gasteiger partial charge is 0.299 e. The van der Waals surface area contributed by atoms with E-state index in [1.54, 1.807) is 5.57 Å². The lowest BCUT2D eigenvalue weighted by molar-refractivity contribution is 0.161. The zero-order valence-electron chi connectivity index (χ0n) is 12.8. The van der Waals surface area contributed by atoms with Crippen LogP contribution in [-0.2, 0) is 16.4 Å². The van der Waals surface area contributed by atoms with Crippen molar-refractivity contribution in [2.75, 3.05) is 30.6 Å². The molecule has 0 atom stereocenters. The first-order chi connectivity index (χ1) is 9.99. The van der Waals surface area contributed by atoms with Crippen LogP contribution in [0.25, 0.3) is 0 Å². The Labute approximate surface area is 139 Å². The van der Waals surface area contributed by atoms with Crippen molar-refractivity contribution in [2.45, 2.75) is 19.3 Å². The number of sulfonamides is 1. The Morgan fingerprint density at radius 2 is 1.86 bits per heavy atom. The fourth-order valence-electron chi connectivity index (χ4n) is 3.25. The quantitative estimate of drug-likeness (QED) is 0.856. The maximum atomic E-state index is 11.2. The summed E-state index contributed by atoms with van der Waals surface area (Å²) >= 11 is 0. The molecule has 1 aromatic carbocycles. The number of piperidine rings is 3. The van der Waals surface area contributed by atoms with Gasteiger partial charge >= 0.3 is 0 Å². The van der Waals surface area contributed by atoms with Gasteiger partial charge in [0.1, 0.15) is 0 Å². The van der Waals surface area contributed by atoms with Gasteiger partial charge in [-0.05, 0) is 56.0 Å². The molecule has 2 bridgehead atoms. The number of benzene rings is 1. The minimum absolute atomic E-state index is 0. The summed E-state index contributed by atoms with van der Waals surface area (Å²) in [6.45, 7) is 3.65. The third kappa shape index (κ3) is 4.48. The average Bonchev–Trinajstić information content (AvgIpc) is 2.46. The molecular formula is C16H23ClN2O2S. The molecule has 0 unspecified atom stereocenters. The SMILES string of the molecule is CS(=O)(=O)Nc1ccc(CC=C2CN3CCC2CC3)cc1.Cl. The van der Waals surface area contributed by atoms with E-state index in [2.05, 4.69) is 15.7 Å². The van der Waals surface area contributed by atoms with Crippen molar-refractivity contribution in [1.82, 2.24) is 4.90 Å². The van der Waals surface area contributed by atoms with Gasteiger partial charge in [0.05, 0.1) is 6.26 Å². The fourth-order valence-corrected chi connectivity index (χ4v) is 3.82. The van der Waals surface area contributed by atoms with Gasteiger partial charge < -0.3 is 0 Å². The molecule has 3 aliphatic rings. The van der Waals surface area contributed by atoms with Gasteiger partial charge in [0.15, 0.2) is 0 Å². The van der Waals surface area contributed by atoms with Crippen LogP contribution in [0.3, 0.4) is 0 Å². The number of anilines is 1. The summed E-state index contributed by atoms with van der Waals surface area (Å²) in [5, 5.41) is 0. The number of allylic oxidation sites excluding steroid dienone is 1. The molecule has 0 amide bonds. The first kappa shape index (κ1) is 17.3. The van der Waals surface area contributed by atoms with E-state index in [0.717, 1.165) is 18.9 Å². The second-order valence-corrected chi connectivity index (χ2v) is 7.85. The highest BCUT2D eigenvalue weighted by atomic mass is 35.5. The maximum Gasteiger partial charge on any atom is 0.229 e. The molecule has 4 rings (SSSR count). The second-order valence-electron chi connectivity index (χ2n) is 6.10. The van der Waals surface area contributed by atoms with Crippen molar-refractivity contribution in [3.8, 4) is 0 Å². The van der Waals surface area contributed by atoms with Crippen molar-refractivity contribution in [1.29, 1.82) is 0 Å². The molecular weight excluding hydrogens is 320 g/mol. The number of nitrogens with zero attached hydrogens (tertiary/aromatic N) is 1. The van der Waals surface area contributed by atoms with E-state index in [0.29, 0.717) is 5.69 Å². The number of nitrogens with one attached hydrogen (secondary N) is 1. The van der Waals surface area contributed by atoms with Gasteiger partial charge in [-0.2, -0.15) is 0 Å². The van der Waals surface area contributed by atoms with Crippen LogP contribution in [0.1, 0.15) is 18.4 Å². The van der Waals surface area contributed by atoms with Crippen LogP contribution in [0.15, 0.2) is 35.9 Å². The highest BCUT2D eigenvalue weighted by Gasteiger charge is 2.28. The van der Waals surface area contributed by atoms with Gasteiger partial charge in [-0.25, -0.2) is 8.42 Å². The Morgan fingerprint density at radius 1 is 1.23 bits per heavy atom. The molecule has 0 aromatic heterocycles. The predicted molar refractivity (Wildman–Crippen MR) is 93.1 cm³/mol. The fraction of sp³-hybridized carbons (Fsp3) is 0.500. The first-order valence-corrected chi connectivity index (χ1v) is 9.37. The van der Waals surface area contributed by atoms with Gasteiger partial charge in [-0.15, -0.1) is 12.4 Å². The lowest BCUT2D eigenvalue weighted by Gasteiger charge is -2.41. The highest BCUT2D eigenvalue weighted by molar-refractivity contribution is 7.92. The van der Waals surface area contributed by atoms with Crippen LogP contribution in [0.2, 0.25) is 0 Å². The minimum Gasteiger partial charge on any atom is -0.299 e. The summed E-state index contributed by atoms with van der Waals surface area (Å²) in [6, 6.07) is 7.63. The average molecular weight is 343 g/mol. The Bertz CT molecular complexity index is 633. The van der Waals surface area contributed by atoms with Crippen molar-refractivity contribution >= 4 is 28.1 Å². The van der Waals surface area contributed by atoms with Gasteiger partial charge in [-0.1, -0.05) is 23.8 Å². The molecule has 122 valence electrons.